The quantitative estimate of drug-likeness (QED) is 0.363. The van der Waals surface area contributed by atoms with Gasteiger partial charge in [0.25, 0.3) is 0 Å². The van der Waals surface area contributed by atoms with E-state index in [1.807, 2.05) is 6.92 Å². The van der Waals surface area contributed by atoms with E-state index >= 15 is 0 Å². The maximum Gasteiger partial charge on any atom is 1.00 e. The van der Waals surface area contributed by atoms with Crippen molar-refractivity contribution in [3.8, 4) is 0 Å². The first kappa shape index (κ1) is 16.6. The number of hydrogen-bond acceptors (Lipinski definition) is 1. The maximum atomic E-state index is 10.9. The Kier molecular flexibility index (Phi) is 10.8. The van der Waals surface area contributed by atoms with Crippen molar-refractivity contribution in [3.05, 3.63) is 0 Å². The van der Waals surface area contributed by atoms with Gasteiger partial charge in [0.15, 0.2) is 0 Å². The standard InChI is InChI=1S/C8H19O3P.Na.H/c1-3-5-6-7-8(4-2)12(9,10)11;;/h8H,3-7H2,1-2H3,(H2,9,10,11);;/q;+1;-1. The van der Waals surface area contributed by atoms with E-state index in [4.69, 9.17) is 9.79 Å². The van der Waals surface area contributed by atoms with E-state index in [0.717, 1.165) is 19.3 Å². The summed E-state index contributed by atoms with van der Waals surface area (Å²) in [5, 5.41) is 0. The molecule has 0 aromatic rings. The molecule has 1 unspecified atom stereocenters. The topological polar surface area (TPSA) is 57.5 Å². The molecule has 2 N–H and O–H groups in total. The van der Waals surface area contributed by atoms with Gasteiger partial charge < -0.3 is 11.2 Å². The summed E-state index contributed by atoms with van der Waals surface area (Å²) in [7, 11) is -3.82. The molecule has 0 rings (SSSR count). The smallest absolute Gasteiger partial charge is 1.00 e. The predicted octanol–water partition coefficient (Wildman–Crippen LogP) is -0.361. The molecule has 5 heteroatoms. The van der Waals surface area contributed by atoms with Crippen molar-refractivity contribution < 1.29 is 45.3 Å². The van der Waals surface area contributed by atoms with E-state index in [-0.39, 0.29) is 31.0 Å². The monoisotopic (exact) mass is 218 g/mol. The predicted molar refractivity (Wildman–Crippen MR) is 51.4 cm³/mol. The molecule has 0 aromatic carbocycles. The van der Waals surface area contributed by atoms with Crippen LogP contribution in [0, 0.1) is 0 Å². The van der Waals surface area contributed by atoms with Crippen molar-refractivity contribution in [1.29, 1.82) is 0 Å². The SMILES string of the molecule is CCCCCC(CC)P(=O)(O)O.[H-].[Na+]. The molecule has 0 aromatic heterocycles. The summed E-state index contributed by atoms with van der Waals surface area (Å²) in [6.07, 6.45) is 4.33. The molecular formula is C8H20NaO3P. The van der Waals surface area contributed by atoms with Gasteiger partial charge in [-0.25, -0.2) is 0 Å². The molecule has 0 radical (unpaired) electrons. The summed E-state index contributed by atoms with van der Waals surface area (Å²) < 4.78 is 10.9. The molecule has 0 saturated heterocycles. The molecule has 0 heterocycles. The van der Waals surface area contributed by atoms with E-state index in [0.29, 0.717) is 12.8 Å². The van der Waals surface area contributed by atoms with Gasteiger partial charge in [0.05, 0.1) is 5.66 Å². The number of unbranched alkanes of at least 4 members (excludes halogenated alkanes) is 2. The minimum atomic E-state index is -3.82. The Labute approximate surface area is 104 Å². The molecule has 0 fully saturated rings. The first-order chi connectivity index (χ1) is 5.52. The minimum Gasteiger partial charge on any atom is -1.00 e. The molecule has 3 nitrogen and oxygen atoms in total. The van der Waals surface area contributed by atoms with E-state index in [2.05, 4.69) is 6.92 Å². The summed E-state index contributed by atoms with van der Waals surface area (Å²) in [5.41, 5.74) is -0.413. The van der Waals surface area contributed by atoms with Crippen molar-refractivity contribution in [3.63, 3.8) is 0 Å². The third-order valence-corrected chi connectivity index (χ3v) is 3.66. The Morgan fingerprint density at radius 2 is 1.85 bits per heavy atom. The van der Waals surface area contributed by atoms with E-state index < -0.39 is 13.3 Å². The average molecular weight is 218 g/mol. The largest absolute Gasteiger partial charge is 1.00 e. The van der Waals surface area contributed by atoms with Crippen LogP contribution in [0.15, 0.2) is 0 Å². The second-order valence-electron chi connectivity index (χ2n) is 3.15. The van der Waals surface area contributed by atoms with Crippen LogP contribution in [-0.4, -0.2) is 15.4 Å². The number of hydrogen-bond donors (Lipinski definition) is 2. The van der Waals surface area contributed by atoms with E-state index in [9.17, 15) is 4.57 Å². The van der Waals surface area contributed by atoms with Gasteiger partial charge in [-0.3, -0.25) is 4.57 Å². The summed E-state index contributed by atoms with van der Waals surface area (Å²) in [5.74, 6) is 0. The van der Waals surface area contributed by atoms with Gasteiger partial charge in [-0.2, -0.15) is 0 Å². The van der Waals surface area contributed by atoms with Crippen LogP contribution in [-0.2, 0) is 4.57 Å². The van der Waals surface area contributed by atoms with Crippen LogP contribution in [0.25, 0.3) is 0 Å². The molecule has 0 aliphatic rings. The van der Waals surface area contributed by atoms with Crippen LogP contribution < -0.4 is 29.6 Å². The molecule has 0 aliphatic heterocycles. The molecule has 0 aliphatic carbocycles. The summed E-state index contributed by atoms with van der Waals surface area (Å²) in [4.78, 5) is 17.8. The van der Waals surface area contributed by atoms with Crippen molar-refractivity contribution in [2.24, 2.45) is 0 Å². The fourth-order valence-corrected chi connectivity index (χ4v) is 2.23. The van der Waals surface area contributed by atoms with Gasteiger partial charge in [-0.05, 0) is 12.8 Å². The van der Waals surface area contributed by atoms with Gasteiger partial charge in [-0.15, -0.1) is 0 Å². The first-order valence-corrected chi connectivity index (χ1v) is 6.25. The van der Waals surface area contributed by atoms with Crippen LogP contribution in [0.1, 0.15) is 47.4 Å². The minimum absolute atomic E-state index is 0. The van der Waals surface area contributed by atoms with Crippen LogP contribution in [0.2, 0.25) is 0 Å². The first-order valence-electron chi connectivity index (χ1n) is 4.57. The van der Waals surface area contributed by atoms with Gasteiger partial charge in [-0.1, -0.05) is 33.1 Å². The molecule has 0 saturated carbocycles. The van der Waals surface area contributed by atoms with Crippen molar-refractivity contribution in [2.75, 3.05) is 0 Å². The van der Waals surface area contributed by atoms with Gasteiger partial charge in [0.2, 0.25) is 0 Å². The Balaban J connectivity index is -0.000000605. The third-order valence-electron chi connectivity index (χ3n) is 2.09. The van der Waals surface area contributed by atoms with Crippen LogP contribution in [0.5, 0.6) is 0 Å². The Morgan fingerprint density at radius 1 is 1.31 bits per heavy atom. The van der Waals surface area contributed by atoms with Crippen molar-refractivity contribution in [1.82, 2.24) is 0 Å². The maximum absolute atomic E-state index is 10.9. The Hall–Kier alpha value is 1.15. The number of rotatable bonds is 6. The second kappa shape index (κ2) is 8.46. The summed E-state index contributed by atoms with van der Waals surface area (Å²) >= 11 is 0. The summed E-state index contributed by atoms with van der Waals surface area (Å²) in [6, 6.07) is 0. The average Bonchev–Trinajstić information content (AvgIpc) is 1.95. The van der Waals surface area contributed by atoms with Gasteiger partial charge in [0, 0.05) is 0 Å². The van der Waals surface area contributed by atoms with E-state index in [1.54, 1.807) is 0 Å². The van der Waals surface area contributed by atoms with Crippen LogP contribution in [0.3, 0.4) is 0 Å². The zero-order valence-electron chi connectivity index (χ0n) is 9.86. The molecule has 0 amide bonds. The Morgan fingerprint density at radius 3 is 2.15 bits per heavy atom. The molecule has 1 atom stereocenters. The van der Waals surface area contributed by atoms with Crippen LogP contribution >= 0.6 is 7.60 Å². The van der Waals surface area contributed by atoms with Gasteiger partial charge >= 0.3 is 37.2 Å². The van der Waals surface area contributed by atoms with Crippen molar-refractivity contribution >= 4 is 7.60 Å². The third kappa shape index (κ3) is 8.17. The Bertz CT molecular complexity index is 163. The van der Waals surface area contributed by atoms with E-state index in [1.165, 1.54) is 0 Å². The second-order valence-corrected chi connectivity index (χ2v) is 5.06. The van der Waals surface area contributed by atoms with Crippen LogP contribution in [0.4, 0.5) is 0 Å². The fraction of sp³-hybridized carbons (Fsp3) is 1.00. The molecule has 76 valence electrons. The fourth-order valence-electron chi connectivity index (χ4n) is 1.24. The molecule has 0 spiro atoms. The normalized spacial score (nSPS) is 13.5. The molecule has 0 bridgehead atoms. The molecular weight excluding hydrogens is 198 g/mol. The summed E-state index contributed by atoms with van der Waals surface area (Å²) in [6.45, 7) is 3.91. The zero-order chi connectivity index (χ0) is 9.61. The molecule has 13 heavy (non-hydrogen) atoms. The van der Waals surface area contributed by atoms with Gasteiger partial charge in [0.1, 0.15) is 0 Å². The van der Waals surface area contributed by atoms with Crippen molar-refractivity contribution in [2.45, 2.75) is 51.6 Å². The zero-order valence-corrected chi connectivity index (χ0v) is 11.8.